The summed E-state index contributed by atoms with van der Waals surface area (Å²) in [5.74, 6) is -0.0794. The minimum atomic E-state index is -3.62. The molecule has 1 amide bonds. The van der Waals surface area contributed by atoms with Crippen molar-refractivity contribution in [1.82, 2.24) is 4.31 Å². The number of hydrogen-bond acceptors (Lipinski definition) is 4. The summed E-state index contributed by atoms with van der Waals surface area (Å²) < 4.78 is 26.2. The highest BCUT2D eigenvalue weighted by molar-refractivity contribution is 7.90. The number of carbonyl (C=O) groups excluding carboxylic acids is 1. The van der Waals surface area contributed by atoms with Crippen molar-refractivity contribution in [1.29, 1.82) is 0 Å². The molecule has 1 spiro atoms. The summed E-state index contributed by atoms with van der Waals surface area (Å²) in [5, 5.41) is 3.37. The Balaban J connectivity index is 2.04. The molecule has 0 aromatic rings. The standard InChI is InChI=1S/C13H20N4O3S/c1-8(15-16-14)11(18)17-10-6-9-4-5-13(10,12(9,2)3)7-21(17,19)20/h8-10H,4-7H2,1-3H3/t8-,9+,10+,13+/m0/s1. The molecule has 7 nitrogen and oxygen atoms in total. The average molecular weight is 312 g/mol. The number of rotatable bonds is 2. The van der Waals surface area contributed by atoms with Gasteiger partial charge in [-0.25, -0.2) is 12.7 Å². The summed E-state index contributed by atoms with van der Waals surface area (Å²) in [4.78, 5) is 15.1. The van der Waals surface area contributed by atoms with Gasteiger partial charge in [0, 0.05) is 10.3 Å². The summed E-state index contributed by atoms with van der Waals surface area (Å²) >= 11 is 0. The fraction of sp³-hybridized carbons (Fsp3) is 0.923. The van der Waals surface area contributed by atoms with Crippen LogP contribution in [0.2, 0.25) is 0 Å². The van der Waals surface area contributed by atoms with Crippen molar-refractivity contribution in [3.63, 3.8) is 0 Å². The van der Waals surface area contributed by atoms with Crippen LogP contribution in [-0.2, 0) is 14.8 Å². The molecule has 2 aliphatic carbocycles. The van der Waals surface area contributed by atoms with E-state index in [4.69, 9.17) is 5.53 Å². The summed E-state index contributed by atoms with van der Waals surface area (Å²) in [5.41, 5.74) is 8.07. The number of azide groups is 1. The Labute approximate surface area is 124 Å². The fourth-order valence-electron chi connectivity index (χ4n) is 4.89. The van der Waals surface area contributed by atoms with Gasteiger partial charge in [-0.3, -0.25) is 4.79 Å². The Hall–Kier alpha value is -1.27. The van der Waals surface area contributed by atoms with Crippen LogP contribution >= 0.6 is 0 Å². The number of carbonyl (C=O) groups is 1. The van der Waals surface area contributed by atoms with Crippen LogP contribution in [0.3, 0.4) is 0 Å². The molecule has 3 aliphatic rings. The highest BCUT2D eigenvalue weighted by Gasteiger charge is 2.72. The first-order chi connectivity index (χ1) is 9.67. The van der Waals surface area contributed by atoms with Crippen LogP contribution < -0.4 is 0 Å². The van der Waals surface area contributed by atoms with Crippen LogP contribution in [0.25, 0.3) is 10.4 Å². The zero-order valence-electron chi connectivity index (χ0n) is 12.5. The molecule has 3 rings (SSSR count). The van der Waals surface area contributed by atoms with E-state index in [0.29, 0.717) is 5.92 Å². The van der Waals surface area contributed by atoms with Gasteiger partial charge in [0.2, 0.25) is 15.9 Å². The van der Waals surface area contributed by atoms with Gasteiger partial charge in [-0.1, -0.05) is 19.0 Å². The van der Waals surface area contributed by atoms with E-state index in [1.807, 2.05) is 0 Å². The molecule has 2 saturated carbocycles. The summed E-state index contributed by atoms with van der Waals surface area (Å²) in [6.07, 6.45) is 2.63. The van der Waals surface area contributed by atoms with Gasteiger partial charge in [0.25, 0.3) is 0 Å². The number of sulfonamides is 1. The molecular formula is C13H20N4O3S. The van der Waals surface area contributed by atoms with Crippen LogP contribution in [0.15, 0.2) is 5.11 Å². The minimum Gasteiger partial charge on any atom is -0.273 e. The van der Waals surface area contributed by atoms with E-state index in [0.717, 1.165) is 23.6 Å². The molecule has 8 heteroatoms. The lowest BCUT2D eigenvalue weighted by Crippen LogP contribution is -2.46. The maximum atomic E-state index is 12.6. The van der Waals surface area contributed by atoms with Gasteiger partial charge in [-0.2, -0.15) is 0 Å². The Morgan fingerprint density at radius 2 is 2.14 bits per heavy atom. The second-order valence-corrected chi connectivity index (χ2v) is 8.98. The van der Waals surface area contributed by atoms with Crippen LogP contribution in [0, 0.1) is 16.7 Å². The Kier molecular flexibility index (Phi) is 2.89. The number of hydrogen-bond donors (Lipinski definition) is 0. The van der Waals surface area contributed by atoms with Crippen molar-refractivity contribution in [2.75, 3.05) is 5.75 Å². The maximum Gasteiger partial charge on any atom is 0.245 e. The monoisotopic (exact) mass is 312 g/mol. The molecule has 0 aromatic heterocycles. The summed E-state index contributed by atoms with van der Waals surface area (Å²) in [6.45, 7) is 5.71. The minimum absolute atomic E-state index is 0.0445. The van der Waals surface area contributed by atoms with E-state index in [-0.39, 0.29) is 22.6 Å². The van der Waals surface area contributed by atoms with Crippen LogP contribution in [0.4, 0.5) is 0 Å². The van der Waals surface area contributed by atoms with Gasteiger partial charge in [0.1, 0.15) is 6.04 Å². The lowest BCUT2D eigenvalue weighted by atomic mass is 9.69. The molecule has 0 radical (unpaired) electrons. The molecule has 3 fully saturated rings. The zero-order chi connectivity index (χ0) is 15.6. The lowest BCUT2D eigenvalue weighted by Gasteiger charge is -2.37. The van der Waals surface area contributed by atoms with E-state index in [9.17, 15) is 13.2 Å². The topological polar surface area (TPSA) is 103 Å². The van der Waals surface area contributed by atoms with Crippen molar-refractivity contribution >= 4 is 15.9 Å². The number of fused-ring (bicyclic) bond motifs is 1. The molecule has 21 heavy (non-hydrogen) atoms. The Morgan fingerprint density at radius 3 is 2.71 bits per heavy atom. The van der Waals surface area contributed by atoms with E-state index in [1.54, 1.807) is 0 Å². The van der Waals surface area contributed by atoms with Crippen LogP contribution in [0.5, 0.6) is 0 Å². The highest BCUT2D eigenvalue weighted by atomic mass is 32.2. The van der Waals surface area contributed by atoms with E-state index >= 15 is 0 Å². The largest absolute Gasteiger partial charge is 0.273 e. The molecular weight excluding hydrogens is 292 g/mol. The fourth-order valence-corrected chi connectivity index (χ4v) is 7.49. The van der Waals surface area contributed by atoms with Gasteiger partial charge in [-0.05, 0) is 43.1 Å². The first-order valence-corrected chi connectivity index (χ1v) is 8.88. The highest BCUT2D eigenvalue weighted by Crippen LogP contribution is 2.69. The van der Waals surface area contributed by atoms with Crippen LogP contribution in [0.1, 0.15) is 40.0 Å². The van der Waals surface area contributed by atoms with Crippen molar-refractivity contribution in [2.24, 2.45) is 21.9 Å². The van der Waals surface area contributed by atoms with E-state index < -0.39 is 22.0 Å². The molecule has 0 N–H and O–H groups in total. The van der Waals surface area contributed by atoms with Gasteiger partial charge < -0.3 is 0 Å². The third-order valence-corrected chi connectivity index (χ3v) is 8.12. The lowest BCUT2D eigenvalue weighted by molar-refractivity contribution is -0.129. The smallest absolute Gasteiger partial charge is 0.245 e. The molecule has 2 bridgehead atoms. The summed E-state index contributed by atoms with van der Waals surface area (Å²) in [6, 6.07) is -1.25. The molecule has 4 atom stereocenters. The number of amides is 1. The third-order valence-electron chi connectivity index (χ3n) is 6.21. The molecule has 0 aromatic carbocycles. The third kappa shape index (κ3) is 1.63. The van der Waals surface area contributed by atoms with Gasteiger partial charge in [0.05, 0.1) is 11.8 Å². The van der Waals surface area contributed by atoms with Gasteiger partial charge >= 0.3 is 0 Å². The van der Waals surface area contributed by atoms with E-state index in [2.05, 4.69) is 23.9 Å². The van der Waals surface area contributed by atoms with Crippen molar-refractivity contribution in [2.45, 2.75) is 52.1 Å². The SMILES string of the molecule is C[C@H](N=[N+]=[N-])C(=O)N1[C@@H]2C[C@H]3CC[C@]2(CS1(=O)=O)C3(C)C. The first kappa shape index (κ1) is 14.7. The Bertz CT molecular complexity index is 652. The molecule has 1 heterocycles. The quantitative estimate of drug-likeness (QED) is 0.442. The van der Waals surface area contributed by atoms with Crippen molar-refractivity contribution in [3.8, 4) is 0 Å². The first-order valence-electron chi connectivity index (χ1n) is 7.27. The second-order valence-electron chi connectivity index (χ2n) is 7.14. The van der Waals surface area contributed by atoms with Crippen molar-refractivity contribution < 1.29 is 13.2 Å². The molecule has 1 saturated heterocycles. The molecule has 0 unspecified atom stereocenters. The van der Waals surface area contributed by atoms with E-state index in [1.165, 1.54) is 6.92 Å². The van der Waals surface area contributed by atoms with Crippen molar-refractivity contribution in [3.05, 3.63) is 10.4 Å². The maximum absolute atomic E-state index is 12.6. The van der Waals surface area contributed by atoms with Gasteiger partial charge in [0.15, 0.2) is 0 Å². The number of nitrogens with zero attached hydrogens (tertiary/aromatic N) is 4. The zero-order valence-corrected chi connectivity index (χ0v) is 13.3. The average Bonchev–Trinajstić information content (AvgIpc) is 2.85. The normalized spacial score (nSPS) is 39.7. The van der Waals surface area contributed by atoms with Gasteiger partial charge in [-0.15, -0.1) is 0 Å². The predicted octanol–water partition coefficient (Wildman–Crippen LogP) is 2.05. The molecule has 116 valence electrons. The Morgan fingerprint density at radius 1 is 1.48 bits per heavy atom. The summed E-state index contributed by atoms with van der Waals surface area (Å²) in [7, 11) is -3.62. The molecule has 1 aliphatic heterocycles. The van der Waals surface area contributed by atoms with Crippen LogP contribution in [-0.4, -0.2) is 36.5 Å². The second kappa shape index (κ2) is 4.14. The predicted molar refractivity (Wildman–Crippen MR) is 76.6 cm³/mol.